The number of ether oxygens (including phenoxy) is 1. The third-order valence-electron chi connectivity index (χ3n) is 3.89. The number of halogens is 1. The van der Waals surface area contributed by atoms with Crippen LogP contribution in [0.4, 0.5) is 4.39 Å². The summed E-state index contributed by atoms with van der Waals surface area (Å²) in [6.07, 6.45) is 5.07. The third-order valence-corrected chi connectivity index (χ3v) is 3.89. The number of rotatable bonds is 3. The molecule has 5 heteroatoms. The van der Waals surface area contributed by atoms with Crippen LogP contribution in [0.3, 0.4) is 0 Å². The maximum atomic E-state index is 13.8. The van der Waals surface area contributed by atoms with Crippen LogP contribution in [0, 0.1) is 0 Å². The van der Waals surface area contributed by atoms with E-state index in [-0.39, 0.29) is 5.91 Å². The number of fused-ring (bicyclic) bond motifs is 1. The van der Waals surface area contributed by atoms with E-state index in [1.165, 1.54) is 5.56 Å². The van der Waals surface area contributed by atoms with E-state index >= 15 is 0 Å². The zero-order valence-corrected chi connectivity index (χ0v) is 11.0. The van der Waals surface area contributed by atoms with Crippen LogP contribution >= 0.6 is 0 Å². The number of amides is 1. The molecule has 3 rings (SSSR count). The molecule has 0 radical (unpaired) electrons. The SMILES string of the molecule is COCc1cncc2c1CCN(C(=O)C1(F)CC1)C2. The van der Waals surface area contributed by atoms with Crippen molar-refractivity contribution in [2.24, 2.45) is 0 Å². The van der Waals surface area contributed by atoms with Gasteiger partial charge in [0.2, 0.25) is 0 Å². The summed E-state index contributed by atoms with van der Waals surface area (Å²) < 4.78 is 19.0. The van der Waals surface area contributed by atoms with Gasteiger partial charge in [0.05, 0.1) is 6.61 Å². The molecule has 1 aromatic rings. The highest BCUT2D eigenvalue weighted by Crippen LogP contribution is 2.42. The van der Waals surface area contributed by atoms with Crippen molar-refractivity contribution in [2.75, 3.05) is 13.7 Å². The minimum Gasteiger partial charge on any atom is -0.380 e. The second-order valence-electron chi connectivity index (χ2n) is 5.31. The van der Waals surface area contributed by atoms with Gasteiger partial charge in [0.25, 0.3) is 5.91 Å². The van der Waals surface area contributed by atoms with Crippen molar-refractivity contribution in [3.8, 4) is 0 Å². The summed E-state index contributed by atoms with van der Waals surface area (Å²) in [6, 6.07) is 0. The van der Waals surface area contributed by atoms with E-state index in [1.54, 1.807) is 24.4 Å². The highest BCUT2D eigenvalue weighted by molar-refractivity contribution is 5.88. The van der Waals surface area contributed by atoms with Crippen LogP contribution in [0.25, 0.3) is 0 Å². The molecule has 1 aliphatic heterocycles. The van der Waals surface area contributed by atoms with Crippen LogP contribution in [-0.2, 0) is 29.1 Å². The van der Waals surface area contributed by atoms with Gasteiger partial charge in [-0.25, -0.2) is 4.39 Å². The van der Waals surface area contributed by atoms with Gasteiger partial charge in [-0.3, -0.25) is 9.78 Å². The Labute approximate surface area is 111 Å². The van der Waals surface area contributed by atoms with Crippen molar-refractivity contribution in [1.29, 1.82) is 0 Å². The minimum atomic E-state index is -1.57. The molecule has 1 amide bonds. The molecule has 0 atom stereocenters. The van der Waals surface area contributed by atoms with E-state index in [2.05, 4.69) is 4.98 Å². The Morgan fingerprint density at radius 3 is 3.00 bits per heavy atom. The predicted molar refractivity (Wildman–Crippen MR) is 67.1 cm³/mol. The summed E-state index contributed by atoms with van der Waals surface area (Å²) in [7, 11) is 1.65. The fourth-order valence-corrected chi connectivity index (χ4v) is 2.63. The Bertz CT molecular complexity index is 514. The Morgan fingerprint density at radius 1 is 1.53 bits per heavy atom. The molecule has 0 spiro atoms. The first-order valence-electron chi connectivity index (χ1n) is 6.56. The maximum Gasteiger partial charge on any atom is 0.260 e. The van der Waals surface area contributed by atoms with Crippen molar-refractivity contribution in [1.82, 2.24) is 9.88 Å². The summed E-state index contributed by atoms with van der Waals surface area (Å²) in [6.45, 7) is 1.57. The highest BCUT2D eigenvalue weighted by atomic mass is 19.1. The van der Waals surface area contributed by atoms with Crippen LogP contribution in [0.1, 0.15) is 29.5 Å². The van der Waals surface area contributed by atoms with Crippen LogP contribution in [0.5, 0.6) is 0 Å². The summed E-state index contributed by atoms with van der Waals surface area (Å²) in [4.78, 5) is 17.8. The number of nitrogens with zero attached hydrogens (tertiary/aromatic N) is 2. The summed E-state index contributed by atoms with van der Waals surface area (Å²) >= 11 is 0. The lowest BCUT2D eigenvalue weighted by molar-refractivity contribution is -0.139. The average Bonchev–Trinajstić information content (AvgIpc) is 3.17. The third kappa shape index (κ3) is 2.23. The van der Waals surface area contributed by atoms with Crippen molar-refractivity contribution in [2.45, 2.75) is 38.1 Å². The van der Waals surface area contributed by atoms with Gasteiger partial charge >= 0.3 is 0 Å². The number of carbonyl (C=O) groups excluding carboxylic acids is 1. The second kappa shape index (κ2) is 4.56. The van der Waals surface area contributed by atoms with Gasteiger partial charge in [-0.15, -0.1) is 0 Å². The molecule has 2 aliphatic rings. The number of hydrogen-bond acceptors (Lipinski definition) is 3. The first-order chi connectivity index (χ1) is 9.14. The zero-order valence-electron chi connectivity index (χ0n) is 11.0. The first kappa shape index (κ1) is 12.5. The molecule has 0 bridgehead atoms. The lowest BCUT2D eigenvalue weighted by Crippen LogP contribution is -2.42. The van der Waals surface area contributed by atoms with Gasteiger partial charge in [0.1, 0.15) is 0 Å². The fraction of sp³-hybridized carbons (Fsp3) is 0.571. The molecule has 0 aromatic carbocycles. The lowest BCUT2D eigenvalue weighted by Gasteiger charge is -2.30. The molecule has 1 aromatic heterocycles. The number of carbonyl (C=O) groups is 1. The van der Waals surface area contributed by atoms with E-state index < -0.39 is 5.67 Å². The van der Waals surface area contributed by atoms with E-state index in [9.17, 15) is 9.18 Å². The maximum absolute atomic E-state index is 13.8. The number of alkyl halides is 1. The van der Waals surface area contributed by atoms with Crippen molar-refractivity contribution in [3.63, 3.8) is 0 Å². The summed E-state index contributed by atoms with van der Waals surface area (Å²) in [5, 5.41) is 0. The van der Waals surface area contributed by atoms with Crippen molar-refractivity contribution in [3.05, 3.63) is 29.1 Å². The Kier molecular flexibility index (Phi) is 3.01. The van der Waals surface area contributed by atoms with E-state index in [0.29, 0.717) is 32.5 Å². The standard InChI is InChI=1S/C14H17FN2O2/c1-19-9-11-7-16-6-10-8-17(5-2-12(10)11)13(18)14(15)3-4-14/h6-7H,2-5,8-9H2,1H3. The Morgan fingerprint density at radius 2 is 2.32 bits per heavy atom. The molecule has 1 fully saturated rings. The van der Waals surface area contributed by atoms with Crippen molar-refractivity contribution >= 4 is 5.91 Å². The van der Waals surface area contributed by atoms with E-state index in [1.807, 2.05) is 0 Å². The molecule has 1 aliphatic carbocycles. The topological polar surface area (TPSA) is 42.4 Å². The average molecular weight is 264 g/mol. The number of methoxy groups -OCH3 is 1. The van der Waals surface area contributed by atoms with Crippen LogP contribution < -0.4 is 0 Å². The molecule has 2 heterocycles. The van der Waals surface area contributed by atoms with Crippen LogP contribution in [0.15, 0.2) is 12.4 Å². The van der Waals surface area contributed by atoms with E-state index in [0.717, 1.165) is 17.5 Å². The van der Waals surface area contributed by atoms with Gasteiger partial charge < -0.3 is 9.64 Å². The van der Waals surface area contributed by atoms with Gasteiger partial charge in [0.15, 0.2) is 5.67 Å². The molecule has 0 N–H and O–H groups in total. The minimum absolute atomic E-state index is 0.352. The molecule has 102 valence electrons. The van der Waals surface area contributed by atoms with Gasteiger partial charge in [-0.1, -0.05) is 0 Å². The predicted octanol–water partition coefficient (Wildman–Crippen LogP) is 1.61. The molecule has 4 nitrogen and oxygen atoms in total. The lowest BCUT2D eigenvalue weighted by atomic mass is 9.97. The summed E-state index contributed by atoms with van der Waals surface area (Å²) in [5.41, 5.74) is 1.70. The smallest absolute Gasteiger partial charge is 0.260 e. The molecular weight excluding hydrogens is 247 g/mol. The first-order valence-corrected chi connectivity index (χ1v) is 6.56. The molecule has 19 heavy (non-hydrogen) atoms. The zero-order chi connectivity index (χ0) is 13.5. The van der Waals surface area contributed by atoms with Crippen LogP contribution in [0.2, 0.25) is 0 Å². The monoisotopic (exact) mass is 264 g/mol. The highest BCUT2D eigenvalue weighted by Gasteiger charge is 2.53. The van der Waals surface area contributed by atoms with Crippen molar-refractivity contribution < 1.29 is 13.9 Å². The van der Waals surface area contributed by atoms with Gasteiger partial charge in [-0.05, 0) is 36.0 Å². The Hall–Kier alpha value is -1.49. The molecule has 0 unspecified atom stereocenters. The second-order valence-corrected chi connectivity index (χ2v) is 5.31. The van der Waals surface area contributed by atoms with Gasteiger partial charge in [0, 0.05) is 32.6 Å². The van der Waals surface area contributed by atoms with Crippen LogP contribution in [-0.4, -0.2) is 35.1 Å². The fourth-order valence-electron chi connectivity index (χ4n) is 2.63. The number of pyridine rings is 1. The van der Waals surface area contributed by atoms with E-state index in [4.69, 9.17) is 4.74 Å². The quantitative estimate of drug-likeness (QED) is 0.833. The number of aromatic nitrogens is 1. The Balaban J connectivity index is 1.80. The normalized spacial score (nSPS) is 20.0. The largest absolute Gasteiger partial charge is 0.380 e. The summed E-state index contributed by atoms with van der Waals surface area (Å²) in [5.74, 6) is -0.352. The molecule has 1 saturated carbocycles. The number of hydrogen-bond donors (Lipinski definition) is 0. The molecular formula is C14H17FN2O2. The molecule has 0 saturated heterocycles. The van der Waals surface area contributed by atoms with Gasteiger partial charge in [-0.2, -0.15) is 0 Å².